The fourth-order valence-electron chi connectivity index (χ4n) is 7.04. The number of urea groups is 1. The van der Waals surface area contributed by atoms with Crippen LogP contribution in [0.1, 0.15) is 46.6 Å². The van der Waals surface area contributed by atoms with E-state index in [9.17, 15) is 20.0 Å². The van der Waals surface area contributed by atoms with E-state index in [0.717, 1.165) is 77.4 Å². The van der Waals surface area contributed by atoms with Gasteiger partial charge in [0.05, 0.1) is 23.7 Å². The quantitative estimate of drug-likeness (QED) is 0.0916. The molecule has 2 fully saturated rings. The zero-order valence-electron chi connectivity index (χ0n) is 30.1. The van der Waals surface area contributed by atoms with Crippen LogP contribution in [0.2, 0.25) is 0 Å². The molecule has 2 aliphatic rings. The van der Waals surface area contributed by atoms with E-state index in [1.54, 1.807) is 12.1 Å². The molecule has 5 aromatic rings. The van der Waals surface area contributed by atoms with Gasteiger partial charge in [-0.15, -0.1) is 0 Å². The van der Waals surface area contributed by atoms with Crippen molar-refractivity contribution in [2.24, 2.45) is 0 Å². The van der Waals surface area contributed by atoms with E-state index in [1.165, 1.54) is 0 Å². The highest BCUT2D eigenvalue weighted by atomic mass is 16.7. The van der Waals surface area contributed by atoms with Crippen molar-refractivity contribution in [2.75, 3.05) is 37.6 Å². The van der Waals surface area contributed by atoms with Crippen LogP contribution in [0.5, 0.6) is 0 Å². The zero-order chi connectivity index (χ0) is 37.3. The number of hydrogen-bond acceptors (Lipinski definition) is 8. The maximum atomic E-state index is 12.5. The fourth-order valence-corrected chi connectivity index (χ4v) is 7.04. The average Bonchev–Trinajstić information content (AvgIpc) is 3.23. The summed E-state index contributed by atoms with van der Waals surface area (Å²) in [4.78, 5) is 27.9. The van der Waals surface area contributed by atoms with Crippen molar-refractivity contribution in [1.82, 2.24) is 15.5 Å². The Labute approximate surface area is 315 Å². The predicted octanol–water partition coefficient (Wildman–Crippen LogP) is 7.12. The number of nitrogens with zero attached hydrogens (tertiary/aromatic N) is 3. The second kappa shape index (κ2) is 17.5. The van der Waals surface area contributed by atoms with Crippen LogP contribution >= 0.6 is 0 Å². The molecule has 2 amide bonds. The monoisotopic (exact) mass is 727 g/mol. The summed E-state index contributed by atoms with van der Waals surface area (Å²) in [7, 11) is 0. The third-order valence-electron chi connectivity index (χ3n) is 10.0. The number of aliphatic hydroxyl groups is 1. The number of nitro benzene ring substituents is 1. The first-order chi connectivity index (χ1) is 26.4. The largest absolute Gasteiger partial charge is 0.392 e. The number of amides is 2. The summed E-state index contributed by atoms with van der Waals surface area (Å²) < 4.78 is 13.4. The normalized spacial score (nSPS) is 18.9. The molecule has 3 unspecified atom stereocenters. The molecule has 2 saturated heterocycles. The molecule has 0 aliphatic carbocycles. The fraction of sp³-hybridized carbons (Fsp3) is 0.279. The summed E-state index contributed by atoms with van der Waals surface area (Å²) in [5, 5.41) is 26.6. The Hall–Kier alpha value is -5.59. The van der Waals surface area contributed by atoms with Crippen LogP contribution in [0, 0.1) is 10.1 Å². The summed E-state index contributed by atoms with van der Waals surface area (Å²) >= 11 is 0. The molecule has 5 aromatic carbocycles. The molecule has 0 aromatic heterocycles. The summed E-state index contributed by atoms with van der Waals surface area (Å²) in [5.74, 6) is 0. The molecule has 3 atom stereocenters. The second-order valence-electron chi connectivity index (χ2n) is 13.8. The topological polar surface area (TPSA) is 129 Å². The van der Waals surface area contributed by atoms with Crippen LogP contribution in [0.25, 0.3) is 11.1 Å². The van der Waals surface area contributed by atoms with Gasteiger partial charge in [-0.3, -0.25) is 15.0 Å². The van der Waals surface area contributed by atoms with E-state index in [2.05, 4.69) is 44.7 Å². The van der Waals surface area contributed by atoms with Crippen molar-refractivity contribution < 1.29 is 24.3 Å². The minimum absolute atomic E-state index is 0.0163. The van der Waals surface area contributed by atoms with E-state index in [0.29, 0.717) is 19.5 Å². The minimum Gasteiger partial charge on any atom is -0.392 e. The first-order valence-electron chi connectivity index (χ1n) is 18.4. The molecule has 2 heterocycles. The molecule has 2 aliphatic heterocycles. The third-order valence-corrected chi connectivity index (χ3v) is 10.0. The van der Waals surface area contributed by atoms with Crippen LogP contribution in [0.15, 0.2) is 127 Å². The highest BCUT2D eigenvalue weighted by molar-refractivity contribution is 5.74. The van der Waals surface area contributed by atoms with Gasteiger partial charge in [-0.1, -0.05) is 91.0 Å². The Bertz CT molecular complexity index is 2000. The standard InChI is InChI=1S/C43H45N5O6/c49-30-32-12-14-34(15-13-32)41-26-40(29-46-20-22-47(23-21-46)38-16-18-39(19-17-38)48(51)52)53-42(54-41)37-11-5-10-36(25-37)35-9-4-8-33(24-35)28-45-43(50)44-27-31-6-2-1-3-7-31/h1-19,24-25,40-42,49H,20-23,26-30H2,(H2,44,45,50). The van der Waals surface area contributed by atoms with E-state index in [4.69, 9.17) is 9.47 Å². The Balaban J connectivity index is 1.02. The number of ether oxygens (including phenoxy) is 2. The van der Waals surface area contributed by atoms with E-state index < -0.39 is 6.29 Å². The van der Waals surface area contributed by atoms with Crippen molar-refractivity contribution >= 4 is 17.4 Å². The number of carbonyl (C=O) groups excluding carboxylic acids is 1. The Morgan fingerprint density at radius 3 is 2.09 bits per heavy atom. The molecule has 0 bridgehead atoms. The van der Waals surface area contributed by atoms with Gasteiger partial charge in [-0.2, -0.15) is 0 Å². The summed E-state index contributed by atoms with van der Waals surface area (Å²) in [6.07, 6.45) is -0.200. The predicted molar refractivity (Wildman–Crippen MR) is 208 cm³/mol. The number of carbonyl (C=O) groups is 1. The van der Waals surface area contributed by atoms with Crippen molar-refractivity contribution in [3.8, 4) is 11.1 Å². The molecule has 11 heteroatoms. The van der Waals surface area contributed by atoms with Crippen molar-refractivity contribution in [1.29, 1.82) is 0 Å². The van der Waals surface area contributed by atoms with Crippen LogP contribution < -0.4 is 15.5 Å². The van der Waals surface area contributed by atoms with Gasteiger partial charge < -0.3 is 30.1 Å². The first kappa shape index (κ1) is 36.8. The summed E-state index contributed by atoms with van der Waals surface area (Å²) in [6.45, 7) is 4.88. The lowest BCUT2D eigenvalue weighted by molar-refractivity contribution is -0.384. The zero-order valence-corrected chi connectivity index (χ0v) is 30.1. The average molecular weight is 728 g/mol. The number of piperazine rings is 1. The molecule has 278 valence electrons. The molecule has 0 saturated carbocycles. The molecule has 54 heavy (non-hydrogen) atoms. The lowest BCUT2D eigenvalue weighted by Gasteiger charge is -2.41. The van der Waals surface area contributed by atoms with Gasteiger partial charge in [-0.05, 0) is 57.6 Å². The number of nitrogens with one attached hydrogen (secondary N) is 2. The minimum atomic E-state index is -0.592. The highest BCUT2D eigenvalue weighted by Gasteiger charge is 2.34. The highest BCUT2D eigenvalue weighted by Crippen LogP contribution is 2.39. The van der Waals surface area contributed by atoms with Gasteiger partial charge in [-0.25, -0.2) is 4.79 Å². The smallest absolute Gasteiger partial charge is 0.315 e. The lowest BCUT2D eigenvalue weighted by Crippen LogP contribution is -2.49. The summed E-state index contributed by atoms with van der Waals surface area (Å²) in [6, 6.07) is 40.6. The van der Waals surface area contributed by atoms with Crippen LogP contribution in [-0.2, 0) is 29.2 Å². The molecule has 0 spiro atoms. The Morgan fingerprint density at radius 2 is 1.39 bits per heavy atom. The number of anilines is 1. The van der Waals surface area contributed by atoms with Crippen LogP contribution in [0.4, 0.5) is 16.2 Å². The molecular weight excluding hydrogens is 683 g/mol. The van der Waals surface area contributed by atoms with Gasteiger partial charge in [0.2, 0.25) is 0 Å². The number of aliphatic hydroxyl groups excluding tert-OH is 1. The number of non-ortho nitro benzene ring substituents is 1. The Kier molecular flexibility index (Phi) is 11.9. The maximum absolute atomic E-state index is 12.5. The Morgan fingerprint density at radius 1 is 0.722 bits per heavy atom. The number of hydrogen-bond donors (Lipinski definition) is 3. The maximum Gasteiger partial charge on any atom is 0.315 e. The van der Waals surface area contributed by atoms with Crippen LogP contribution in [-0.4, -0.2) is 59.8 Å². The van der Waals surface area contributed by atoms with Gasteiger partial charge in [0, 0.05) is 75.6 Å². The second-order valence-corrected chi connectivity index (χ2v) is 13.8. The molecule has 3 N–H and O–H groups in total. The number of benzene rings is 5. The van der Waals surface area contributed by atoms with Crippen molar-refractivity contribution in [3.05, 3.63) is 165 Å². The van der Waals surface area contributed by atoms with Crippen molar-refractivity contribution in [3.63, 3.8) is 0 Å². The number of nitro groups is 1. The summed E-state index contributed by atoms with van der Waals surface area (Å²) in [5.41, 5.74) is 7.95. The van der Waals surface area contributed by atoms with Gasteiger partial charge in [0.1, 0.15) is 0 Å². The SMILES string of the molecule is O=C(NCc1ccccc1)NCc1cccc(-c2cccc(C3OC(CN4CCN(c5ccc([N+](=O)[O-])cc5)CC4)CC(c4ccc(CO)cc4)O3)c2)c1. The lowest BCUT2D eigenvalue weighted by atomic mass is 9.98. The van der Waals surface area contributed by atoms with Gasteiger partial charge in [0.25, 0.3) is 5.69 Å². The third kappa shape index (κ3) is 9.49. The van der Waals surface area contributed by atoms with Gasteiger partial charge in [0.15, 0.2) is 6.29 Å². The van der Waals surface area contributed by atoms with E-state index >= 15 is 0 Å². The first-order valence-corrected chi connectivity index (χ1v) is 18.4. The van der Waals surface area contributed by atoms with Gasteiger partial charge >= 0.3 is 6.03 Å². The van der Waals surface area contributed by atoms with Crippen molar-refractivity contribution in [2.45, 2.75) is 44.6 Å². The number of rotatable bonds is 12. The van der Waals surface area contributed by atoms with Crippen LogP contribution in [0.3, 0.4) is 0 Å². The van der Waals surface area contributed by atoms with E-state index in [1.807, 2.05) is 91.0 Å². The molecule has 11 nitrogen and oxygen atoms in total. The van der Waals surface area contributed by atoms with E-state index in [-0.39, 0.29) is 35.5 Å². The molecule has 0 radical (unpaired) electrons. The molecule has 7 rings (SSSR count). The molecular formula is C43H45N5O6.